The molecule has 2 aromatic carbocycles. The van der Waals surface area contributed by atoms with Gasteiger partial charge in [0.2, 0.25) is 0 Å². The maximum Gasteiger partial charge on any atom is 0.362 e. The van der Waals surface area contributed by atoms with Gasteiger partial charge in [-0.1, -0.05) is 30.3 Å². The van der Waals surface area contributed by atoms with E-state index in [4.69, 9.17) is 9.47 Å². The quantitative estimate of drug-likeness (QED) is 0.390. The van der Waals surface area contributed by atoms with Crippen molar-refractivity contribution < 1.29 is 32.7 Å². The Morgan fingerprint density at radius 2 is 1.68 bits per heavy atom. The van der Waals surface area contributed by atoms with Crippen LogP contribution >= 0.6 is 0 Å². The molecule has 0 aliphatic rings. The number of halogens is 1. The van der Waals surface area contributed by atoms with Crippen LogP contribution in [0.4, 0.5) is 10.1 Å². The van der Waals surface area contributed by atoms with Crippen molar-refractivity contribution in [2.24, 2.45) is 0 Å². The van der Waals surface area contributed by atoms with Gasteiger partial charge in [-0.15, -0.1) is 0 Å². The van der Waals surface area contributed by atoms with Gasteiger partial charge in [0, 0.05) is 0 Å². The molecule has 7 nitrogen and oxygen atoms in total. The fourth-order valence-electron chi connectivity index (χ4n) is 3.93. The number of rotatable bonds is 11. The molecule has 2 rings (SSSR count). The van der Waals surface area contributed by atoms with Crippen molar-refractivity contribution in [3.05, 3.63) is 65.0 Å². The van der Waals surface area contributed by atoms with E-state index in [0.29, 0.717) is 18.7 Å². The third-order valence-corrected chi connectivity index (χ3v) is 6.19. The summed E-state index contributed by atoms with van der Waals surface area (Å²) in [6, 6.07) is 11.0. The second kappa shape index (κ2) is 12.3. The first-order valence-electron chi connectivity index (χ1n) is 11.5. The molecule has 34 heavy (non-hydrogen) atoms. The monoisotopic (exact) mass is 473 g/mol. The minimum atomic E-state index is -0.718. The van der Waals surface area contributed by atoms with Crippen molar-refractivity contribution in [3.8, 4) is 0 Å². The average Bonchev–Trinajstić information content (AvgIpc) is 2.83. The number of anilines is 1. The highest BCUT2D eigenvalue weighted by Crippen LogP contribution is 2.25. The lowest BCUT2D eigenvalue weighted by Gasteiger charge is -2.40. The van der Waals surface area contributed by atoms with E-state index in [-0.39, 0.29) is 41.4 Å². The van der Waals surface area contributed by atoms with Crippen LogP contribution < -0.4 is 5.32 Å². The molecule has 0 spiro atoms. The summed E-state index contributed by atoms with van der Waals surface area (Å²) in [6.45, 7) is 10.1. The first-order valence-corrected chi connectivity index (χ1v) is 11.5. The molecule has 1 unspecified atom stereocenters. The number of nitrogens with one attached hydrogen (secondary N) is 1. The van der Waals surface area contributed by atoms with Gasteiger partial charge in [-0.05, 0) is 57.9 Å². The molecule has 0 heterocycles. The van der Waals surface area contributed by atoms with Crippen LogP contribution in [-0.2, 0) is 25.7 Å². The number of carbonyl (C=O) groups is 3. The van der Waals surface area contributed by atoms with Crippen LogP contribution in [0.25, 0.3) is 0 Å². The summed E-state index contributed by atoms with van der Waals surface area (Å²) >= 11 is 0. The molecule has 0 aromatic heterocycles. The number of esters is 2. The highest BCUT2D eigenvalue weighted by Gasteiger charge is 2.39. The first kappa shape index (κ1) is 27.0. The van der Waals surface area contributed by atoms with Gasteiger partial charge in [-0.2, -0.15) is 0 Å². The summed E-state index contributed by atoms with van der Waals surface area (Å²) in [4.78, 5) is 38.3. The minimum absolute atomic E-state index is 0.0154. The minimum Gasteiger partial charge on any atom is -0.462 e. The second-order valence-corrected chi connectivity index (χ2v) is 8.19. The Bertz CT molecular complexity index is 1010. The standard InChI is InChI=1S/C26H33FN2O5/c1-6-29(7-2,16-23(30)34-17-20-12-10-9-11-13-20)19(5)25(31)28-24-18(4)14-21(27)15-22(24)26(32)33-8-3/h9-15,19H,6-8,16-17H2,1-5H3/p+1. The third-order valence-electron chi connectivity index (χ3n) is 6.19. The van der Waals surface area contributed by atoms with E-state index in [1.54, 1.807) is 20.8 Å². The van der Waals surface area contributed by atoms with Crippen molar-refractivity contribution in [1.29, 1.82) is 0 Å². The molecular formula is C26H34FN2O5+. The van der Waals surface area contributed by atoms with Crippen LogP contribution in [0.1, 0.15) is 49.2 Å². The largest absolute Gasteiger partial charge is 0.462 e. The number of carbonyl (C=O) groups excluding carboxylic acids is 3. The Labute approximate surface area is 200 Å². The number of quaternary nitrogens is 1. The zero-order valence-corrected chi connectivity index (χ0v) is 20.5. The number of ether oxygens (including phenoxy) is 2. The summed E-state index contributed by atoms with van der Waals surface area (Å²) in [7, 11) is 0. The van der Waals surface area contributed by atoms with E-state index >= 15 is 0 Å². The number of nitrogens with zero attached hydrogens (tertiary/aromatic N) is 1. The average molecular weight is 474 g/mol. The second-order valence-electron chi connectivity index (χ2n) is 8.19. The Morgan fingerprint density at radius 1 is 1.03 bits per heavy atom. The summed E-state index contributed by atoms with van der Waals surface area (Å²) in [6.07, 6.45) is 0. The number of hydrogen-bond acceptors (Lipinski definition) is 5. The van der Waals surface area contributed by atoms with Crippen LogP contribution in [0.15, 0.2) is 42.5 Å². The smallest absolute Gasteiger partial charge is 0.362 e. The molecule has 0 radical (unpaired) electrons. The predicted molar refractivity (Wildman–Crippen MR) is 128 cm³/mol. The maximum atomic E-state index is 14.0. The van der Waals surface area contributed by atoms with Crippen molar-refractivity contribution in [2.75, 3.05) is 31.6 Å². The molecule has 0 aliphatic heterocycles. The zero-order chi connectivity index (χ0) is 25.3. The molecule has 8 heteroatoms. The van der Waals surface area contributed by atoms with E-state index in [9.17, 15) is 18.8 Å². The lowest BCUT2D eigenvalue weighted by atomic mass is 10.1. The fourth-order valence-corrected chi connectivity index (χ4v) is 3.93. The number of hydrogen-bond donors (Lipinski definition) is 1. The van der Waals surface area contributed by atoms with Crippen molar-refractivity contribution in [1.82, 2.24) is 0 Å². The number of likely N-dealkylation sites (N-methyl/N-ethyl adjacent to an activating group) is 1. The zero-order valence-electron chi connectivity index (χ0n) is 20.5. The van der Waals surface area contributed by atoms with Crippen LogP contribution in [0.3, 0.4) is 0 Å². The van der Waals surface area contributed by atoms with E-state index < -0.39 is 23.8 Å². The highest BCUT2D eigenvalue weighted by atomic mass is 19.1. The van der Waals surface area contributed by atoms with Gasteiger partial charge >= 0.3 is 11.9 Å². The molecular weight excluding hydrogens is 439 g/mol. The van der Waals surface area contributed by atoms with E-state index in [0.717, 1.165) is 11.6 Å². The molecule has 2 aromatic rings. The molecule has 0 fully saturated rings. The molecule has 1 atom stereocenters. The number of amides is 1. The lowest BCUT2D eigenvalue weighted by Crippen LogP contribution is -2.60. The molecule has 0 aliphatic carbocycles. The van der Waals surface area contributed by atoms with Crippen LogP contribution in [0.2, 0.25) is 0 Å². The SMILES string of the molecule is CCOC(=O)c1cc(F)cc(C)c1NC(=O)C(C)[N+](CC)(CC)CC(=O)OCc1ccccc1. The third kappa shape index (κ3) is 6.63. The topological polar surface area (TPSA) is 81.7 Å². The van der Waals surface area contributed by atoms with Crippen molar-refractivity contribution >= 4 is 23.5 Å². The first-order chi connectivity index (χ1) is 16.2. The normalized spacial score (nSPS) is 12.1. The molecule has 184 valence electrons. The van der Waals surface area contributed by atoms with E-state index in [1.807, 2.05) is 44.2 Å². The summed E-state index contributed by atoms with van der Waals surface area (Å²) in [5.41, 5.74) is 1.44. The summed E-state index contributed by atoms with van der Waals surface area (Å²) < 4.78 is 24.6. The Morgan fingerprint density at radius 3 is 2.26 bits per heavy atom. The van der Waals surface area contributed by atoms with Gasteiger partial charge in [0.1, 0.15) is 12.4 Å². The summed E-state index contributed by atoms with van der Waals surface area (Å²) in [5, 5.41) is 2.78. The highest BCUT2D eigenvalue weighted by molar-refractivity contribution is 6.03. The number of benzene rings is 2. The molecule has 1 N–H and O–H groups in total. The summed E-state index contributed by atoms with van der Waals surface area (Å²) in [5.74, 6) is -2.11. The van der Waals surface area contributed by atoms with Gasteiger partial charge in [0.25, 0.3) is 5.91 Å². The molecule has 0 bridgehead atoms. The number of aryl methyl sites for hydroxylation is 1. The van der Waals surface area contributed by atoms with Crippen LogP contribution in [0.5, 0.6) is 0 Å². The van der Waals surface area contributed by atoms with E-state index in [1.165, 1.54) is 6.07 Å². The van der Waals surface area contributed by atoms with Crippen molar-refractivity contribution in [2.45, 2.75) is 47.3 Å². The molecule has 0 saturated carbocycles. The van der Waals surface area contributed by atoms with Gasteiger partial charge in [0.15, 0.2) is 12.6 Å². The molecule has 1 amide bonds. The van der Waals surface area contributed by atoms with Gasteiger partial charge in [0.05, 0.1) is 30.9 Å². The van der Waals surface area contributed by atoms with Gasteiger partial charge in [-0.3, -0.25) is 4.79 Å². The lowest BCUT2D eigenvalue weighted by molar-refractivity contribution is -0.931. The van der Waals surface area contributed by atoms with E-state index in [2.05, 4.69) is 5.32 Å². The Hall–Kier alpha value is -3.26. The predicted octanol–water partition coefficient (Wildman–Crippen LogP) is 4.24. The van der Waals surface area contributed by atoms with Crippen LogP contribution in [0, 0.1) is 12.7 Å². The van der Waals surface area contributed by atoms with Gasteiger partial charge in [-0.25, -0.2) is 14.0 Å². The molecule has 0 saturated heterocycles. The fraction of sp³-hybridized carbons (Fsp3) is 0.423. The van der Waals surface area contributed by atoms with Crippen molar-refractivity contribution in [3.63, 3.8) is 0 Å². The Kier molecular flexibility index (Phi) is 9.74. The van der Waals surface area contributed by atoms with Gasteiger partial charge < -0.3 is 19.3 Å². The Balaban J connectivity index is 2.20. The maximum absolute atomic E-state index is 14.0. The van der Waals surface area contributed by atoms with Crippen LogP contribution in [-0.4, -0.2) is 54.6 Å².